The Labute approximate surface area is 99.9 Å². The third kappa shape index (κ3) is 2.07. The van der Waals surface area contributed by atoms with Gasteiger partial charge in [0.2, 0.25) is 0 Å². The van der Waals surface area contributed by atoms with Crippen molar-refractivity contribution < 1.29 is 5.11 Å². The van der Waals surface area contributed by atoms with Crippen molar-refractivity contribution in [2.45, 2.75) is 59.0 Å². The van der Waals surface area contributed by atoms with Crippen LogP contribution in [0.3, 0.4) is 0 Å². The Morgan fingerprint density at radius 1 is 1.38 bits per heavy atom. The van der Waals surface area contributed by atoms with Gasteiger partial charge in [0.15, 0.2) is 0 Å². The van der Waals surface area contributed by atoms with E-state index in [-0.39, 0.29) is 0 Å². The molecule has 4 atom stereocenters. The molecular weight excluding hydrogens is 196 g/mol. The highest BCUT2D eigenvalue weighted by Crippen LogP contribution is 2.49. The maximum atomic E-state index is 10.5. The predicted molar refractivity (Wildman–Crippen MR) is 68.2 cm³/mol. The number of hydrogen-bond donors (Lipinski definition) is 1. The fraction of sp³-hybridized carbons (Fsp3) is 0.867. The molecule has 2 aliphatic rings. The maximum Gasteiger partial charge on any atom is 0.0653 e. The molecule has 0 spiro atoms. The topological polar surface area (TPSA) is 20.2 Å². The molecule has 1 heteroatoms. The monoisotopic (exact) mass is 222 g/mol. The highest BCUT2D eigenvalue weighted by molar-refractivity contribution is 5.13. The van der Waals surface area contributed by atoms with E-state index in [9.17, 15) is 5.11 Å². The Balaban J connectivity index is 2.27. The molecular formula is C15H26O. The van der Waals surface area contributed by atoms with Crippen molar-refractivity contribution in [1.29, 1.82) is 0 Å². The standard InChI is InChI=1S/C15H26O/c1-10(2)12-7-8-15(4,16)14-6-5-11(3)9-13(12)14/h9-10,12-14,16H,5-8H2,1-4H3/t12?,13-,14-,15+/m1/s1. The summed E-state index contributed by atoms with van der Waals surface area (Å²) in [7, 11) is 0. The van der Waals surface area contributed by atoms with E-state index in [1.807, 2.05) is 0 Å². The van der Waals surface area contributed by atoms with Gasteiger partial charge >= 0.3 is 0 Å². The molecule has 1 saturated carbocycles. The lowest BCUT2D eigenvalue weighted by Gasteiger charge is -2.49. The van der Waals surface area contributed by atoms with Gasteiger partial charge in [-0.2, -0.15) is 0 Å². The summed E-state index contributed by atoms with van der Waals surface area (Å²) in [5, 5.41) is 10.5. The first-order valence-electron chi connectivity index (χ1n) is 6.81. The molecule has 0 aromatic carbocycles. The van der Waals surface area contributed by atoms with Gasteiger partial charge in [0.05, 0.1) is 5.60 Å². The summed E-state index contributed by atoms with van der Waals surface area (Å²) in [4.78, 5) is 0. The molecule has 0 amide bonds. The lowest BCUT2D eigenvalue weighted by atomic mass is 9.58. The van der Waals surface area contributed by atoms with Crippen LogP contribution in [0.25, 0.3) is 0 Å². The van der Waals surface area contributed by atoms with Crippen molar-refractivity contribution in [3.63, 3.8) is 0 Å². The van der Waals surface area contributed by atoms with E-state index >= 15 is 0 Å². The van der Waals surface area contributed by atoms with Crippen LogP contribution >= 0.6 is 0 Å². The van der Waals surface area contributed by atoms with Crippen molar-refractivity contribution in [1.82, 2.24) is 0 Å². The molecule has 0 aromatic heterocycles. The van der Waals surface area contributed by atoms with Crippen LogP contribution in [0.2, 0.25) is 0 Å². The van der Waals surface area contributed by atoms with Gasteiger partial charge in [-0.3, -0.25) is 0 Å². The fourth-order valence-corrected chi connectivity index (χ4v) is 3.87. The van der Waals surface area contributed by atoms with Crippen molar-refractivity contribution >= 4 is 0 Å². The smallest absolute Gasteiger partial charge is 0.0653 e. The van der Waals surface area contributed by atoms with Crippen molar-refractivity contribution in [2.24, 2.45) is 23.7 Å². The normalized spacial score (nSPS) is 44.1. The zero-order valence-corrected chi connectivity index (χ0v) is 11.2. The van der Waals surface area contributed by atoms with E-state index in [2.05, 4.69) is 33.8 Å². The molecule has 1 nitrogen and oxygen atoms in total. The minimum atomic E-state index is -0.423. The average Bonchev–Trinajstić information content (AvgIpc) is 2.16. The SMILES string of the molecule is CC1=C[C@@H]2C(C(C)C)CC[C@](C)(O)[C@@H]2CC1. The third-order valence-electron chi connectivity index (χ3n) is 4.92. The first kappa shape index (κ1) is 12.2. The van der Waals surface area contributed by atoms with Crippen molar-refractivity contribution in [2.75, 3.05) is 0 Å². The second kappa shape index (κ2) is 4.18. The van der Waals surface area contributed by atoms with Crippen LogP contribution in [-0.4, -0.2) is 10.7 Å². The van der Waals surface area contributed by atoms with Gasteiger partial charge in [0.25, 0.3) is 0 Å². The van der Waals surface area contributed by atoms with Gasteiger partial charge in [-0.25, -0.2) is 0 Å². The minimum Gasteiger partial charge on any atom is -0.390 e. The molecule has 0 aliphatic heterocycles. The third-order valence-corrected chi connectivity index (χ3v) is 4.92. The molecule has 1 N–H and O–H groups in total. The lowest BCUT2D eigenvalue weighted by molar-refractivity contribution is -0.0807. The largest absolute Gasteiger partial charge is 0.390 e. The van der Waals surface area contributed by atoms with Gasteiger partial charge in [-0.05, 0) is 63.2 Å². The first-order chi connectivity index (χ1) is 7.42. The molecule has 1 unspecified atom stereocenters. The second-order valence-corrected chi connectivity index (χ2v) is 6.54. The zero-order valence-electron chi connectivity index (χ0n) is 11.2. The second-order valence-electron chi connectivity index (χ2n) is 6.54. The summed E-state index contributed by atoms with van der Waals surface area (Å²) in [6.45, 7) is 8.96. The minimum absolute atomic E-state index is 0.423. The number of aliphatic hydroxyl groups is 1. The number of fused-ring (bicyclic) bond motifs is 1. The highest BCUT2D eigenvalue weighted by Gasteiger charge is 2.46. The van der Waals surface area contributed by atoms with Gasteiger partial charge in [-0.15, -0.1) is 0 Å². The Morgan fingerprint density at radius 3 is 2.69 bits per heavy atom. The average molecular weight is 222 g/mol. The Bertz CT molecular complexity index is 288. The molecule has 92 valence electrons. The summed E-state index contributed by atoms with van der Waals surface area (Å²) in [5.41, 5.74) is 1.11. The van der Waals surface area contributed by atoms with Crippen LogP contribution in [0, 0.1) is 23.7 Å². The summed E-state index contributed by atoms with van der Waals surface area (Å²) >= 11 is 0. The van der Waals surface area contributed by atoms with Gasteiger partial charge in [0.1, 0.15) is 0 Å². The van der Waals surface area contributed by atoms with Crippen LogP contribution in [0.15, 0.2) is 11.6 Å². The maximum absolute atomic E-state index is 10.5. The van der Waals surface area contributed by atoms with Gasteiger partial charge in [-0.1, -0.05) is 25.5 Å². The lowest BCUT2D eigenvalue weighted by Crippen LogP contribution is -2.48. The highest BCUT2D eigenvalue weighted by atomic mass is 16.3. The van der Waals surface area contributed by atoms with Crippen LogP contribution in [0.5, 0.6) is 0 Å². The molecule has 2 rings (SSSR count). The summed E-state index contributed by atoms with van der Waals surface area (Å²) in [6.07, 6.45) is 7.01. The van der Waals surface area contributed by atoms with Gasteiger partial charge < -0.3 is 5.11 Å². The molecule has 0 saturated heterocycles. The van der Waals surface area contributed by atoms with Gasteiger partial charge in [0, 0.05) is 0 Å². The van der Waals surface area contributed by atoms with Crippen LogP contribution < -0.4 is 0 Å². The Kier molecular flexibility index (Phi) is 3.18. The Hall–Kier alpha value is -0.300. The van der Waals surface area contributed by atoms with Crippen LogP contribution in [0.4, 0.5) is 0 Å². The van der Waals surface area contributed by atoms with Crippen LogP contribution in [0.1, 0.15) is 53.4 Å². The zero-order chi connectivity index (χ0) is 11.9. The van der Waals surface area contributed by atoms with E-state index in [0.717, 1.165) is 18.3 Å². The molecule has 0 aromatic rings. The predicted octanol–water partition coefficient (Wildman–Crippen LogP) is 3.78. The van der Waals surface area contributed by atoms with E-state index < -0.39 is 5.60 Å². The molecule has 0 heterocycles. The molecule has 0 bridgehead atoms. The van der Waals surface area contributed by atoms with E-state index in [4.69, 9.17) is 0 Å². The molecule has 16 heavy (non-hydrogen) atoms. The molecule has 0 radical (unpaired) electrons. The number of hydrogen-bond acceptors (Lipinski definition) is 1. The van der Waals surface area contributed by atoms with E-state index in [1.165, 1.54) is 24.8 Å². The molecule has 1 fully saturated rings. The Morgan fingerprint density at radius 2 is 2.06 bits per heavy atom. The fourth-order valence-electron chi connectivity index (χ4n) is 3.87. The summed E-state index contributed by atoms with van der Waals surface area (Å²) in [5.74, 6) is 2.64. The van der Waals surface area contributed by atoms with Crippen LogP contribution in [-0.2, 0) is 0 Å². The molecule has 2 aliphatic carbocycles. The first-order valence-corrected chi connectivity index (χ1v) is 6.81. The number of allylic oxidation sites excluding steroid dienone is 2. The van der Waals surface area contributed by atoms with Crippen molar-refractivity contribution in [3.8, 4) is 0 Å². The quantitative estimate of drug-likeness (QED) is 0.669. The number of rotatable bonds is 1. The summed E-state index contributed by atoms with van der Waals surface area (Å²) < 4.78 is 0. The summed E-state index contributed by atoms with van der Waals surface area (Å²) in [6, 6.07) is 0. The van der Waals surface area contributed by atoms with E-state index in [0.29, 0.717) is 11.8 Å². The van der Waals surface area contributed by atoms with Crippen molar-refractivity contribution in [3.05, 3.63) is 11.6 Å². The van der Waals surface area contributed by atoms with E-state index in [1.54, 1.807) is 0 Å².